The fraction of sp³-hybridized carbons (Fsp3) is 0. The summed E-state index contributed by atoms with van der Waals surface area (Å²) in [4.78, 5) is 0. The van der Waals surface area contributed by atoms with E-state index in [0.29, 0.717) is 0 Å². The van der Waals surface area contributed by atoms with Gasteiger partial charge in [-0.05, 0) is 0 Å². The molecule has 0 aromatic heterocycles. The summed E-state index contributed by atoms with van der Waals surface area (Å²) in [6.07, 6.45) is -2.71. The van der Waals surface area contributed by atoms with Crippen LogP contribution < -0.4 is 0 Å². The van der Waals surface area contributed by atoms with Crippen LogP contribution in [0.4, 0.5) is 13.2 Å². The van der Waals surface area contributed by atoms with E-state index in [2.05, 4.69) is 0 Å². The van der Waals surface area contributed by atoms with Gasteiger partial charge in [0.2, 0.25) is 0 Å². The molecule has 0 aromatic rings. The van der Waals surface area contributed by atoms with E-state index in [0.717, 1.165) is 0 Å². The van der Waals surface area contributed by atoms with Crippen LogP contribution in [-0.4, -0.2) is 17.2 Å². The van der Waals surface area contributed by atoms with E-state index in [1.165, 1.54) is 0 Å². The van der Waals surface area contributed by atoms with Crippen LogP contribution in [0.2, 0.25) is 0 Å². The molecule has 0 unspecified atom stereocenters. The van der Waals surface area contributed by atoms with Crippen molar-refractivity contribution in [2.75, 3.05) is 0 Å². The summed E-state index contributed by atoms with van der Waals surface area (Å²) in [6, 6.07) is 0. The predicted octanol–water partition coefficient (Wildman–Crippen LogP) is 0.0760. The molecule has 0 saturated heterocycles. The molecule has 7 heteroatoms. The van der Waals surface area contributed by atoms with E-state index in [9.17, 15) is 13.2 Å². The molecule has 9 heavy (non-hydrogen) atoms. The van der Waals surface area contributed by atoms with Crippen molar-refractivity contribution in [3.05, 3.63) is 11.8 Å². The molecule has 0 bridgehead atoms. The molecular formula is C2H2BCeF3O2. The Morgan fingerprint density at radius 1 is 1.11 bits per heavy atom. The average molecular weight is 266 g/mol. The zero-order valence-corrected chi connectivity index (χ0v) is 7.25. The topological polar surface area (TPSA) is 40.5 Å². The van der Waals surface area contributed by atoms with E-state index in [1.54, 1.807) is 0 Å². The molecule has 0 atom stereocenters. The van der Waals surface area contributed by atoms with Crippen molar-refractivity contribution in [3.63, 3.8) is 0 Å². The van der Waals surface area contributed by atoms with E-state index in [-0.39, 0.29) is 41.7 Å². The summed E-state index contributed by atoms with van der Waals surface area (Å²) in [6.45, 7) is 0. The number of hydrogen-bond donors (Lipinski definition) is 2. The fourth-order valence-corrected chi connectivity index (χ4v) is 0.0976. The van der Waals surface area contributed by atoms with E-state index >= 15 is 0 Å². The Labute approximate surface area is 83.3 Å². The number of hydrogen-bond acceptors (Lipinski definition) is 2. The van der Waals surface area contributed by atoms with Crippen molar-refractivity contribution in [1.29, 1.82) is 0 Å². The summed E-state index contributed by atoms with van der Waals surface area (Å²) >= 11 is 0. The molecule has 50 valence electrons. The van der Waals surface area contributed by atoms with E-state index in [1.807, 2.05) is 0 Å². The third-order valence-corrected chi connectivity index (χ3v) is 0.407. The largest absolute Gasteiger partial charge is 0.524 e. The van der Waals surface area contributed by atoms with Crippen LogP contribution in [0.1, 0.15) is 0 Å². The normalized spacial score (nSPS) is 7.67. The van der Waals surface area contributed by atoms with Crippen LogP contribution in [0.5, 0.6) is 0 Å². The van der Waals surface area contributed by atoms with Crippen LogP contribution >= 0.6 is 0 Å². The molecule has 2 nitrogen and oxygen atoms in total. The summed E-state index contributed by atoms with van der Waals surface area (Å²) in [5.74, 6) is 0. The van der Waals surface area contributed by atoms with Gasteiger partial charge in [-0.1, -0.05) is 0 Å². The molecule has 0 saturated carbocycles. The van der Waals surface area contributed by atoms with E-state index < -0.39 is 18.9 Å². The van der Waals surface area contributed by atoms with Crippen molar-refractivity contribution in [3.8, 4) is 0 Å². The standard InChI is InChI=1S/C2H2BF3O2.Ce/c4-1(2(5)6)3(7)8;/h7-8H;. The zero-order valence-electron chi connectivity index (χ0n) is 4.11. The maximum Gasteiger partial charge on any atom is 0.524 e. The van der Waals surface area contributed by atoms with Crippen LogP contribution in [0.25, 0.3) is 0 Å². The SMILES string of the molecule is OB(O)C(F)=C(F)F.[Ce]. The fourth-order valence-electron chi connectivity index (χ4n) is 0.0976. The van der Waals surface area contributed by atoms with Gasteiger partial charge in [0.25, 0.3) is 6.08 Å². The van der Waals surface area contributed by atoms with Crippen molar-refractivity contribution in [1.82, 2.24) is 0 Å². The molecule has 0 radical (unpaired) electrons. The monoisotopic (exact) mass is 266 g/mol. The first-order valence-corrected chi connectivity index (χ1v) is 1.62. The second-order valence-electron chi connectivity index (χ2n) is 0.982. The van der Waals surface area contributed by atoms with Crippen molar-refractivity contribution in [2.45, 2.75) is 0 Å². The van der Waals surface area contributed by atoms with Crippen LogP contribution in [0.3, 0.4) is 0 Å². The Morgan fingerprint density at radius 2 is 1.44 bits per heavy atom. The first kappa shape index (κ1) is 12.6. The van der Waals surface area contributed by atoms with Gasteiger partial charge < -0.3 is 10.0 Å². The molecule has 0 aromatic carbocycles. The minimum Gasteiger partial charge on any atom is -0.422 e. The minimum absolute atomic E-state index is 0. The molecular weight excluding hydrogens is 264 g/mol. The predicted molar refractivity (Wildman–Crippen MR) is 20.5 cm³/mol. The number of rotatable bonds is 1. The first-order valence-electron chi connectivity index (χ1n) is 1.62. The maximum absolute atomic E-state index is 11.3. The Balaban J connectivity index is 0. The zero-order chi connectivity index (χ0) is 6.73. The molecule has 0 aliphatic rings. The van der Waals surface area contributed by atoms with Gasteiger partial charge in [-0.25, -0.2) is 4.39 Å². The molecule has 0 aliphatic carbocycles. The van der Waals surface area contributed by atoms with Crippen LogP contribution in [0, 0.1) is 41.7 Å². The van der Waals surface area contributed by atoms with Gasteiger partial charge >= 0.3 is 7.12 Å². The van der Waals surface area contributed by atoms with Gasteiger partial charge in [-0.2, -0.15) is 8.78 Å². The van der Waals surface area contributed by atoms with Gasteiger partial charge in [0.15, 0.2) is 5.73 Å². The summed E-state index contributed by atoms with van der Waals surface area (Å²) in [5, 5.41) is 15.3. The summed E-state index contributed by atoms with van der Waals surface area (Å²) < 4.78 is 33.0. The summed E-state index contributed by atoms with van der Waals surface area (Å²) in [7, 11) is -2.69. The van der Waals surface area contributed by atoms with E-state index in [4.69, 9.17) is 10.0 Å². The summed E-state index contributed by atoms with van der Waals surface area (Å²) in [5.41, 5.74) is -2.20. The maximum atomic E-state index is 11.3. The molecule has 0 heterocycles. The number of halogens is 3. The minimum atomic E-state index is -2.71. The van der Waals surface area contributed by atoms with Crippen LogP contribution in [-0.2, 0) is 0 Å². The average Bonchev–Trinajstić information content (AvgIpc) is 1.64. The molecule has 0 rings (SSSR count). The van der Waals surface area contributed by atoms with Gasteiger partial charge in [-0.15, -0.1) is 0 Å². The Morgan fingerprint density at radius 3 is 1.44 bits per heavy atom. The second-order valence-corrected chi connectivity index (χ2v) is 0.982. The van der Waals surface area contributed by atoms with Crippen molar-refractivity contribution < 1.29 is 65.0 Å². The van der Waals surface area contributed by atoms with Gasteiger partial charge in [0.05, 0.1) is 0 Å². The molecule has 0 spiro atoms. The molecule has 0 aliphatic heterocycles. The van der Waals surface area contributed by atoms with Gasteiger partial charge in [0, 0.05) is 41.7 Å². The van der Waals surface area contributed by atoms with Crippen molar-refractivity contribution >= 4 is 7.12 Å². The first-order chi connectivity index (χ1) is 3.55. The quantitative estimate of drug-likeness (QED) is 0.660. The molecule has 2 N–H and O–H groups in total. The Kier molecular flexibility index (Phi) is 7.90. The molecule has 0 amide bonds. The van der Waals surface area contributed by atoms with Crippen LogP contribution in [0.15, 0.2) is 11.8 Å². The van der Waals surface area contributed by atoms with Gasteiger partial charge in [-0.3, -0.25) is 0 Å². The second kappa shape index (κ2) is 5.66. The third kappa shape index (κ3) is 5.34. The van der Waals surface area contributed by atoms with Gasteiger partial charge in [0.1, 0.15) is 0 Å². The third-order valence-electron chi connectivity index (χ3n) is 0.407. The smallest absolute Gasteiger partial charge is 0.422 e. The Hall–Kier alpha value is 0.892. The Bertz CT molecular complexity index is 112. The molecule has 0 fully saturated rings. The van der Waals surface area contributed by atoms with Crippen molar-refractivity contribution in [2.24, 2.45) is 0 Å².